The van der Waals surface area contributed by atoms with Gasteiger partial charge in [-0.05, 0) is 6.92 Å². The highest BCUT2D eigenvalue weighted by molar-refractivity contribution is 6.09. The van der Waals surface area contributed by atoms with Crippen molar-refractivity contribution in [2.45, 2.75) is 13.0 Å². The summed E-state index contributed by atoms with van der Waals surface area (Å²) in [5, 5.41) is 0. The predicted molar refractivity (Wildman–Crippen MR) is 66.2 cm³/mol. The summed E-state index contributed by atoms with van der Waals surface area (Å²) in [5.41, 5.74) is -0.0353. The predicted octanol–water partition coefficient (Wildman–Crippen LogP) is -0.248. The summed E-state index contributed by atoms with van der Waals surface area (Å²) < 4.78 is 13.9. The second kappa shape index (κ2) is 8.25. The molecule has 1 rings (SSSR count). The molecular weight excluding hydrogens is 254 g/mol. The third kappa shape index (κ3) is 3.78. The summed E-state index contributed by atoms with van der Waals surface area (Å²) in [7, 11) is 5.86. The highest BCUT2D eigenvalue weighted by atomic mass is 16.5. The molecule has 1 atom stereocenters. The molecule has 0 aromatic rings. The SMILES string of the molecule is CCOC1=C(C(=O)OC)C(C=O)N(C)C1=O.COC. The topological polar surface area (TPSA) is 82.1 Å². The molecule has 7 nitrogen and oxygen atoms in total. The van der Waals surface area contributed by atoms with E-state index < -0.39 is 17.9 Å². The summed E-state index contributed by atoms with van der Waals surface area (Å²) in [5.74, 6) is -1.31. The Morgan fingerprint density at radius 3 is 2.26 bits per heavy atom. The molecule has 0 saturated heterocycles. The normalized spacial score (nSPS) is 17.8. The average Bonchev–Trinajstić information content (AvgIpc) is 2.63. The maximum Gasteiger partial charge on any atom is 0.340 e. The maximum absolute atomic E-state index is 11.7. The van der Waals surface area contributed by atoms with Crippen LogP contribution < -0.4 is 0 Å². The van der Waals surface area contributed by atoms with Crippen molar-refractivity contribution in [3.63, 3.8) is 0 Å². The van der Waals surface area contributed by atoms with Gasteiger partial charge >= 0.3 is 5.97 Å². The molecular formula is C12H19NO6. The molecule has 0 fully saturated rings. The number of ether oxygens (including phenoxy) is 3. The molecule has 1 amide bonds. The Morgan fingerprint density at radius 1 is 1.37 bits per heavy atom. The van der Waals surface area contributed by atoms with Gasteiger partial charge in [-0.1, -0.05) is 0 Å². The van der Waals surface area contributed by atoms with Crippen LogP contribution in [-0.4, -0.2) is 64.1 Å². The largest absolute Gasteiger partial charge is 0.488 e. The van der Waals surface area contributed by atoms with Crippen molar-refractivity contribution in [2.75, 3.05) is 35.0 Å². The number of carbonyl (C=O) groups is 3. The monoisotopic (exact) mass is 273 g/mol. The van der Waals surface area contributed by atoms with Crippen molar-refractivity contribution in [1.29, 1.82) is 0 Å². The van der Waals surface area contributed by atoms with Gasteiger partial charge in [-0.3, -0.25) is 4.79 Å². The van der Waals surface area contributed by atoms with Crippen molar-refractivity contribution in [3.8, 4) is 0 Å². The number of hydrogen-bond donors (Lipinski definition) is 0. The van der Waals surface area contributed by atoms with Crippen LogP contribution in [-0.2, 0) is 28.6 Å². The first kappa shape index (κ1) is 17.1. The molecule has 0 spiro atoms. The van der Waals surface area contributed by atoms with Crippen molar-refractivity contribution in [1.82, 2.24) is 4.90 Å². The van der Waals surface area contributed by atoms with Gasteiger partial charge in [0.05, 0.1) is 13.7 Å². The van der Waals surface area contributed by atoms with Gasteiger partial charge in [-0.15, -0.1) is 0 Å². The van der Waals surface area contributed by atoms with E-state index in [-0.39, 0.29) is 17.9 Å². The number of likely N-dealkylation sites (N-methyl/N-ethyl adjacent to an activating group) is 1. The lowest BCUT2D eigenvalue weighted by molar-refractivity contribution is -0.137. The number of amides is 1. The second-order valence-corrected chi connectivity index (χ2v) is 3.57. The zero-order chi connectivity index (χ0) is 15.0. The molecule has 0 aliphatic carbocycles. The summed E-state index contributed by atoms with van der Waals surface area (Å²) >= 11 is 0. The van der Waals surface area contributed by atoms with Crippen molar-refractivity contribution >= 4 is 18.2 Å². The summed E-state index contributed by atoms with van der Waals surface area (Å²) in [4.78, 5) is 35.1. The fraction of sp³-hybridized carbons (Fsp3) is 0.583. The zero-order valence-corrected chi connectivity index (χ0v) is 11.8. The average molecular weight is 273 g/mol. The van der Waals surface area contributed by atoms with Crippen molar-refractivity contribution < 1.29 is 28.6 Å². The van der Waals surface area contributed by atoms with Crippen LogP contribution >= 0.6 is 0 Å². The van der Waals surface area contributed by atoms with Gasteiger partial charge in [0, 0.05) is 21.3 Å². The summed E-state index contributed by atoms with van der Waals surface area (Å²) in [6.45, 7) is 1.92. The van der Waals surface area contributed by atoms with Gasteiger partial charge in [-0.2, -0.15) is 0 Å². The first-order chi connectivity index (χ1) is 8.99. The molecule has 0 aromatic heterocycles. The third-order valence-corrected chi connectivity index (χ3v) is 2.30. The molecule has 19 heavy (non-hydrogen) atoms. The van der Waals surface area contributed by atoms with Crippen LogP contribution in [0.2, 0.25) is 0 Å². The molecule has 0 radical (unpaired) electrons. The minimum atomic E-state index is -0.929. The molecule has 1 unspecified atom stereocenters. The molecule has 1 heterocycles. The molecule has 1 aliphatic rings. The van der Waals surface area contributed by atoms with Crippen LogP contribution in [0.5, 0.6) is 0 Å². The molecule has 108 valence electrons. The van der Waals surface area contributed by atoms with Crippen LogP contribution in [0.25, 0.3) is 0 Å². The van der Waals surface area contributed by atoms with Gasteiger partial charge in [0.15, 0.2) is 5.76 Å². The van der Waals surface area contributed by atoms with E-state index in [1.54, 1.807) is 21.1 Å². The van der Waals surface area contributed by atoms with E-state index in [9.17, 15) is 14.4 Å². The number of rotatable bonds is 4. The quantitative estimate of drug-likeness (QED) is 0.519. The minimum absolute atomic E-state index is 0.0353. The van der Waals surface area contributed by atoms with Crippen molar-refractivity contribution in [3.05, 3.63) is 11.3 Å². The molecule has 0 aromatic carbocycles. The standard InChI is InChI=1S/C10H13NO5.C2H6O/c1-4-16-8-7(10(14)15-3)6(5-12)11(2)9(8)13;1-3-2/h5-6H,4H2,1-3H3;1-2H3. The van der Waals surface area contributed by atoms with Crippen LogP contribution in [0.4, 0.5) is 0 Å². The highest BCUT2D eigenvalue weighted by Gasteiger charge is 2.42. The first-order valence-electron chi connectivity index (χ1n) is 5.57. The zero-order valence-electron chi connectivity index (χ0n) is 11.8. The van der Waals surface area contributed by atoms with Crippen LogP contribution in [0, 0.1) is 0 Å². The Morgan fingerprint density at radius 2 is 1.89 bits per heavy atom. The smallest absolute Gasteiger partial charge is 0.340 e. The Kier molecular flexibility index (Phi) is 7.43. The Balaban J connectivity index is 0.000000982. The van der Waals surface area contributed by atoms with E-state index in [0.717, 1.165) is 4.90 Å². The fourth-order valence-electron chi connectivity index (χ4n) is 1.50. The fourth-order valence-corrected chi connectivity index (χ4v) is 1.50. The van der Waals surface area contributed by atoms with Gasteiger partial charge < -0.3 is 23.9 Å². The van der Waals surface area contributed by atoms with Crippen LogP contribution in [0.1, 0.15) is 6.92 Å². The lowest BCUT2D eigenvalue weighted by Gasteiger charge is -2.14. The van der Waals surface area contributed by atoms with E-state index in [4.69, 9.17) is 4.74 Å². The third-order valence-electron chi connectivity index (χ3n) is 2.30. The molecule has 0 bridgehead atoms. The number of methoxy groups -OCH3 is 2. The summed E-state index contributed by atoms with van der Waals surface area (Å²) in [6.07, 6.45) is 0.510. The van der Waals surface area contributed by atoms with E-state index >= 15 is 0 Å². The van der Waals surface area contributed by atoms with Crippen LogP contribution in [0.15, 0.2) is 11.3 Å². The first-order valence-corrected chi connectivity index (χ1v) is 5.57. The Labute approximate surface area is 112 Å². The van der Waals surface area contributed by atoms with E-state index in [1.165, 1.54) is 14.2 Å². The lowest BCUT2D eigenvalue weighted by atomic mass is 10.1. The number of nitrogens with zero attached hydrogens (tertiary/aromatic N) is 1. The molecule has 0 N–H and O–H groups in total. The van der Waals surface area contributed by atoms with Gasteiger partial charge in [0.2, 0.25) is 0 Å². The number of hydrogen-bond acceptors (Lipinski definition) is 6. The van der Waals surface area contributed by atoms with E-state index in [0.29, 0.717) is 6.29 Å². The molecule has 1 aliphatic heterocycles. The Bertz CT molecular complexity index is 376. The molecule has 0 saturated carbocycles. The molecule has 7 heteroatoms. The Hall–Kier alpha value is -1.89. The number of carbonyl (C=O) groups excluding carboxylic acids is 3. The summed E-state index contributed by atoms with van der Waals surface area (Å²) in [6, 6.07) is -0.929. The number of aldehydes is 1. The lowest BCUT2D eigenvalue weighted by Crippen LogP contribution is -2.34. The highest BCUT2D eigenvalue weighted by Crippen LogP contribution is 2.25. The van der Waals surface area contributed by atoms with Gasteiger partial charge in [-0.25, -0.2) is 4.79 Å². The van der Waals surface area contributed by atoms with E-state index in [1.807, 2.05) is 0 Å². The van der Waals surface area contributed by atoms with Crippen LogP contribution in [0.3, 0.4) is 0 Å². The number of esters is 1. The van der Waals surface area contributed by atoms with Gasteiger partial charge in [0.25, 0.3) is 5.91 Å². The van der Waals surface area contributed by atoms with E-state index in [2.05, 4.69) is 9.47 Å². The van der Waals surface area contributed by atoms with Crippen molar-refractivity contribution in [2.24, 2.45) is 0 Å². The second-order valence-electron chi connectivity index (χ2n) is 3.57. The maximum atomic E-state index is 11.7. The van der Waals surface area contributed by atoms with Gasteiger partial charge in [0.1, 0.15) is 17.9 Å². The minimum Gasteiger partial charge on any atom is -0.488 e.